The van der Waals surface area contributed by atoms with Crippen LogP contribution in [0.15, 0.2) is 36.4 Å². The fraction of sp³-hybridized carbons (Fsp3) is 0.519. The average molecular weight is 489 g/mol. The highest BCUT2D eigenvalue weighted by Gasteiger charge is 2.46. The minimum absolute atomic E-state index is 0.0240. The zero-order valence-electron chi connectivity index (χ0n) is 20.9. The third-order valence-corrected chi connectivity index (χ3v) is 6.13. The summed E-state index contributed by atoms with van der Waals surface area (Å²) < 4.78 is 16.9. The highest BCUT2D eigenvalue weighted by atomic mass is 16.7. The highest BCUT2D eigenvalue weighted by Crippen LogP contribution is 2.33. The molecule has 0 saturated carbocycles. The molecule has 0 aromatic heterocycles. The third-order valence-electron chi connectivity index (χ3n) is 6.13. The molecular weight excluding hydrogens is 452 g/mol. The summed E-state index contributed by atoms with van der Waals surface area (Å²) in [5.74, 6) is -0.240. The van der Waals surface area contributed by atoms with Gasteiger partial charge in [-0.2, -0.15) is 0 Å². The number of rotatable bonds is 7. The Kier molecular flexibility index (Phi) is 8.43. The number of ether oxygens (including phenoxy) is 3. The number of aromatic hydroxyl groups is 1. The Morgan fingerprint density at radius 1 is 1.00 bits per heavy atom. The number of carbonyl (C=O) groups is 1. The highest BCUT2D eigenvalue weighted by molar-refractivity contribution is 5.75. The minimum Gasteiger partial charge on any atom is -0.508 e. The molecule has 3 rings (SSSR count). The summed E-state index contributed by atoms with van der Waals surface area (Å²) >= 11 is 0. The van der Waals surface area contributed by atoms with Crippen LogP contribution in [-0.2, 0) is 27.1 Å². The fourth-order valence-corrected chi connectivity index (χ4v) is 3.85. The maximum absolute atomic E-state index is 12.1. The number of aliphatic hydroxyl groups is 3. The SMILES string of the molecule is CCc1ccc(Cc2c(C)cc(O)cc2O[C@@H]2O[C@H](COC(=O)C(C)(C)C)[C@@H](O)[C@H](O)[C@H]2O)cc1. The summed E-state index contributed by atoms with van der Waals surface area (Å²) in [4.78, 5) is 12.1. The van der Waals surface area contributed by atoms with Gasteiger partial charge in [0.25, 0.3) is 0 Å². The van der Waals surface area contributed by atoms with E-state index >= 15 is 0 Å². The number of aryl methyl sites for hydroxylation is 2. The lowest BCUT2D eigenvalue weighted by molar-refractivity contribution is -0.279. The van der Waals surface area contributed by atoms with E-state index in [4.69, 9.17) is 14.2 Å². The molecule has 0 unspecified atom stereocenters. The van der Waals surface area contributed by atoms with E-state index < -0.39 is 42.1 Å². The van der Waals surface area contributed by atoms with Crippen LogP contribution in [-0.4, -0.2) is 63.7 Å². The van der Waals surface area contributed by atoms with Gasteiger partial charge in [0.15, 0.2) is 0 Å². The summed E-state index contributed by atoms with van der Waals surface area (Å²) in [6.45, 7) is 8.69. The molecule has 1 aliphatic heterocycles. The second kappa shape index (κ2) is 11.0. The predicted molar refractivity (Wildman–Crippen MR) is 129 cm³/mol. The first kappa shape index (κ1) is 26.9. The summed E-state index contributed by atoms with van der Waals surface area (Å²) in [7, 11) is 0. The molecule has 0 bridgehead atoms. The molecule has 1 saturated heterocycles. The molecule has 5 atom stereocenters. The van der Waals surface area contributed by atoms with Crippen molar-refractivity contribution in [2.45, 2.75) is 78.2 Å². The van der Waals surface area contributed by atoms with Crippen molar-refractivity contribution < 1.29 is 39.4 Å². The standard InChI is InChI=1S/C27H36O8/c1-6-16-7-9-17(10-8-16)12-19-15(2)11-18(28)13-20(19)34-25-24(31)23(30)22(29)21(35-25)14-33-26(32)27(3,4)5/h7-11,13,21-25,28-31H,6,12,14H2,1-5H3/t21-,22-,23+,24-,25-/m1/s1. The van der Waals surface area contributed by atoms with Crippen LogP contribution in [0.5, 0.6) is 11.5 Å². The van der Waals surface area contributed by atoms with E-state index in [1.165, 1.54) is 11.6 Å². The first-order valence-corrected chi connectivity index (χ1v) is 11.8. The summed E-state index contributed by atoms with van der Waals surface area (Å²) in [5, 5.41) is 41.5. The summed E-state index contributed by atoms with van der Waals surface area (Å²) in [6.07, 6.45) is -5.69. The van der Waals surface area contributed by atoms with E-state index in [1.807, 2.05) is 19.1 Å². The number of phenols is 1. The van der Waals surface area contributed by atoms with Gasteiger partial charge in [0, 0.05) is 18.1 Å². The Bertz CT molecular complexity index is 1010. The topological polar surface area (TPSA) is 126 Å². The Balaban J connectivity index is 1.82. The van der Waals surface area contributed by atoms with Gasteiger partial charge in [-0.25, -0.2) is 0 Å². The maximum Gasteiger partial charge on any atom is 0.311 e. The molecule has 0 radical (unpaired) electrons. The molecule has 8 nitrogen and oxygen atoms in total. The lowest BCUT2D eigenvalue weighted by Gasteiger charge is -2.40. The van der Waals surface area contributed by atoms with E-state index in [2.05, 4.69) is 19.1 Å². The van der Waals surface area contributed by atoms with Crippen molar-refractivity contribution in [3.8, 4) is 11.5 Å². The molecule has 0 spiro atoms. The molecule has 2 aromatic rings. The van der Waals surface area contributed by atoms with Crippen LogP contribution in [0.25, 0.3) is 0 Å². The van der Waals surface area contributed by atoms with Crippen molar-refractivity contribution in [3.63, 3.8) is 0 Å². The van der Waals surface area contributed by atoms with Crippen molar-refractivity contribution in [2.75, 3.05) is 6.61 Å². The van der Waals surface area contributed by atoms with Crippen LogP contribution in [0, 0.1) is 12.3 Å². The molecule has 8 heteroatoms. The van der Waals surface area contributed by atoms with Crippen molar-refractivity contribution in [1.29, 1.82) is 0 Å². The van der Waals surface area contributed by atoms with Gasteiger partial charge in [-0.15, -0.1) is 0 Å². The van der Waals surface area contributed by atoms with E-state index in [0.29, 0.717) is 6.42 Å². The first-order chi connectivity index (χ1) is 16.4. The van der Waals surface area contributed by atoms with Crippen LogP contribution in [0.2, 0.25) is 0 Å². The van der Waals surface area contributed by atoms with Gasteiger partial charge < -0.3 is 34.6 Å². The van der Waals surface area contributed by atoms with Gasteiger partial charge in [-0.1, -0.05) is 31.2 Å². The Hall–Kier alpha value is -2.65. The fourth-order valence-electron chi connectivity index (χ4n) is 3.85. The molecule has 4 N–H and O–H groups in total. The van der Waals surface area contributed by atoms with E-state index in [9.17, 15) is 25.2 Å². The van der Waals surface area contributed by atoms with Crippen molar-refractivity contribution in [1.82, 2.24) is 0 Å². The molecule has 0 aliphatic carbocycles. The molecule has 192 valence electrons. The van der Waals surface area contributed by atoms with Crippen LogP contribution in [0.1, 0.15) is 49.9 Å². The molecule has 35 heavy (non-hydrogen) atoms. The van der Waals surface area contributed by atoms with E-state index in [0.717, 1.165) is 23.1 Å². The molecular formula is C27H36O8. The zero-order valence-corrected chi connectivity index (χ0v) is 20.9. The molecule has 1 fully saturated rings. The lowest BCUT2D eigenvalue weighted by Crippen LogP contribution is -2.60. The summed E-state index contributed by atoms with van der Waals surface area (Å²) in [5.41, 5.74) is 3.06. The van der Waals surface area contributed by atoms with Gasteiger partial charge in [0.2, 0.25) is 6.29 Å². The van der Waals surface area contributed by atoms with Crippen molar-refractivity contribution in [2.24, 2.45) is 5.41 Å². The van der Waals surface area contributed by atoms with Crippen LogP contribution >= 0.6 is 0 Å². The minimum atomic E-state index is -1.59. The largest absolute Gasteiger partial charge is 0.508 e. The van der Waals surface area contributed by atoms with Crippen LogP contribution < -0.4 is 4.74 Å². The molecule has 1 aliphatic rings. The lowest BCUT2D eigenvalue weighted by atomic mass is 9.96. The molecule has 1 heterocycles. The van der Waals surface area contributed by atoms with E-state index in [1.54, 1.807) is 26.8 Å². The zero-order chi connectivity index (χ0) is 25.9. The first-order valence-electron chi connectivity index (χ1n) is 11.8. The normalized spacial score (nSPS) is 24.7. The number of aliphatic hydroxyl groups excluding tert-OH is 3. The van der Waals surface area contributed by atoms with Gasteiger partial charge in [-0.05, 0) is 56.9 Å². The molecule has 0 amide bonds. The van der Waals surface area contributed by atoms with Gasteiger partial charge in [0.05, 0.1) is 5.41 Å². The van der Waals surface area contributed by atoms with E-state index in [-0.39, 0.29) is 18.1 Å². The van der Waals surface area contributed by atoms with Crippen molar-refractivity contribution in [3.05, 3.63) is 58.7 Å². The summed E-state index contributed by atoms with van der Waals surface area (Å²) in [6, 6.07) is 11.2. The number of hydrogen-bond acceptors (Lipinski definition) is 8. The average Bonchev–Trinajstić information content (AvgIpc) is 2.80. The smallest absolute Gasteiger partial charge is 0.311 e. The quantitative estimate of drug-likeness (QED) is 0.439. The Morgan fingerprint density at radius 3 is 2.23 bits per heavy atom. The number of hydrogen-bond donors (Lipinski definition) is 4. The van der Waals surface area contributed by atoms with Gasteiger partial charge in [0.1, 0.15) is 42.5 Å². The van der Waals surface area contributed by atoms with Crippen LogP contribution in [0.3, 0.4) is 0 Å². The van der Waals surface area contributed by atoms with Gasteiger partial charge >= 0.3 is 5.97 Å². The monoisotopic (exact) mass is 488 g/mol. The number of carbonyl (C=O) groups excluding carboxylic acids is 1. The molecule has 2 aromatic carbocycles. The van der Waals surface area contributed by atoms with Crippen molar-refractivity contribution >= 4 is 5.97 Å². The van der Waals surface area contributed by atoms with Gasteiger partial charge in [-0.3, -0.25) is 4.79 Å². The number of esters is 1. The predicted octanol–water partition coefficient (Wildman–Crippen LogP) is 2.63. The number of benzene rings is 2. The number of phenolic OH excluding ortho intramolecular Hbond substituents is 1. The third kappa shape index (κ3) is 6.52. The second-order valence-electron chi connectivity index (χ2n) is 10.1. The Labute approximate surface area is 206 Å². The second-order valence-corrected chi connectivity index (χ2v) is 10.1. The maximum atomic E-state index is 12.1. The Morgan fingerprint density at radius 2 is 1.63 bits per heavy atom. The van der Waals surface area contributed by atoms with Crippen LogP contribution in [0.4, 0.5) is 0 Å².